The standard InChI is InChI=1S/C13H11BrF2N2O2S/c14-10-5-8(7-17)1-4-13(10)21(19,20)18-9-2-3-11(15)12(16)6-9/h1-6,18H,7,17H2. The molecule has 0 aliphatic carbocycles. The number of nitrogens with one attached hydrogen (secondary N) is 1. The van der Waals surface area contributed by atoms with Gasteiger partial charge in [-0.15, -0.1) is 0 Å². The first kappa shape index (κ1) is 15.9. The summed E-state index contributed by atoms with van der Waals surface area (Å²) in [5.41, 5.74) is 6.16. The van der Waals surface area contributed by atoms with E-state index in [0.717, 1.165) is 23.8 Å². The van der Waals surface area contributed by atoms with E-state index in [2.05, 4.69) is 20.7 Å². The minimum absolute atomic E-state index is 0.0237. The minimum atomic E-state index is -3.93. The molecule has 0 spiro atoms. The van der Waals surface area contributed by atoms with Crippen LogP contribution in [-0.2, 0) is 16.6 Å². The maximum Gasteiger partial charge on any atom is 0.263 e. The fourth-order valence-electron chi connectivity index (χ4n) is 1.66. The van der Waals surface area contributed by atoms with E-state index in [9.17, 15) is 17.2 Å². The van der Waals surface area contributed by atoms with E-state index in [-0.39, 0.29) is 17.1 Å². The zero-order valence-electron chi connectivity index (χ0n) is 10.6. The molecule has 2 rings (SSSR count). The van der Waals surface area contributed by atoms with Crippen LogP contribution >= 0.6 is 15.9 Å². The Labute approximate surface area is 129 Å². The zero-order valence-corrected chi connectivity index (χ0v) is 13.0. The third kappa shape index (κ3) is 3.58. The van der Waals surface area contributed by atoms with Crippen LogP contribution in [0.25, 0.3) is 0 Å². The van der Waals surface area contributed by atoms with Gasteiger partial charge >= 0.3 is 0 Å². The molecule has 0 unspecified atom stereocenters. The van der Waals surface area contributed by atoms with Gasteiger partial charge in [-0.2, -0.15) is 0 Å². The SMILES string of the molecule is NCc1ccc(S(=O)(=O)Nc2ccc(F)c(F)c2)c(Br)c1. The van der Waals surface area contributed by atoms with Crippen LogP contribution in [0.3, 0.4) is 0 Å². The van der Waals surface area contributed by atoms with Gasteiger partial charge in [0.15, 0.2) is 11.6 Å². The van der Waals surface area contributed by atoms with E-state index in [4.69, 9.17) is 5.73 Å². The van der Waals surface area contributed by atoms with Crippen LogP contribution < -0.4 is 10.5 Å². The van der Waals surface area contributed by atoms with Crippen molar-refractivity contribution in [3.05, 3.63) is 58.1 Å². The van der Waals surface area contributed by atoms with Gasteiger partial charge in [0.2, 0.25) is 0 Å². The highest BCUT2D eigenvalue weighted by Gasteiger charge is 2.18. The summed E-state index contributed by atoms with van der Waals surface area (Å²) in [6, 6.07) is 7.30. The Morgan fingerprint density at radius 1 is 1.10 bits per heavy atom. The normalized spacial score (nSPS) is 11.4. The van der Waals surface area contributed by atoms with Crippen LogP contribution in [0.5, 0.6) is 0 Å². The Morgan fingerprint density at radius 2 is 1.81 bits per heavy atom. The van der Waals surface area contributed by atoms with E-state index in [1.54, 1.807) is 12.1 Å². The number of hydrogen-bond donors (Lipinski definition) is 2. The third-order valence-electron chi connectivity index (χ3n) is 2.69. The molecule has 4 nitrogen and oxygen atoms in total. The molecular weight excluding hydrogens is 366 g/mol. The van der Waals surface area contributed by atoms with E-state index < -0.39 is 21.7 Å². The van der Waals surface area contributed by atoms with E-state index >= 15 is 0 Å². The first-order chi connectivity index (χ1) is 9.83. The molecule has 2 aromatic carbocycles. The highest BCUT2D eigenvalue weighted by Crippen LogP contribution is 2.25. The molecule has 0 fully saturated rings. The van der Waals surface area contributed by atoms with Gasteiger partial charge in [0.25, 0.3) is 10.0 Å². The average molecular weight is 377 g/mol. The Kier molecular flexibility index (Phi) is 4.60. The summed E-state index contributed by atoms with van der Waals surface area (Å²) in [7, 11) is -3.93. The number of rotatable bonds is 4. The fourth-order valence-corrected chi connectivity index (χ4v) is 3.83. The average Bonchev–Trinajstić information content (AvgIpc) is 2.42. The molecule has 21 heavy (non-hydrogen) atoms. The van der Waals surface area contributed by atoms with Crippen LogP contribution in [-0.4, -0.2) is 8.42 Å². The van der Waals surface area contributed by atoms with E-state index in [1.165, 1.54) is 6.07 Å². The van der Waals surface area contributed by atoms with E-state index in [0.29, 0.717) is 4.47 Å². The van der Waals surface area contributed by atoms with Gasteiger partial charge in [0.05, 0.1) is 5.69 Å². The lowest BCUT2D eigenvalue weighted by Gasteiger charge is -2.10. The van der Waals surface area contributed by atoms with Gasteiger partial charge in [-0.25, -0.2) is 17.2 Å². The van der Waals surface area contributed by atoms with Gasteiger partial charge in [0.1, 0.15) is 4.90 Å². The lowest BCUT2D eigenvalue weighted by molar-refractivity contribution is 0.509. The number of benzene rings is 2. The number of halogens is 3. The first-order valence-electron chi connectivity index (χ1n) is 5.80. The lowest BCUT2D eigenvalue weighted by Crippen LogP contribution is -2.14. The van der Waals surface area contributed by atoms with Crippen molar-refractivity contribution in [3.8, 4) is 0 Å². The number of hydrogen-bond acceptors (Lipinski definition) is 3. The topological polar surface area (TPSA) is 72.2 Å². The van der Waals surface area contributed by atoms with Crippen molar-refractivity contribution in [1.82, 2.24) is 0 Å². The van der Waals surface area contributed by atoms with Crippen molar-refractivity contribution in [1.29, 1.82) is 0 Å². The molecule has 0 bridgehead atoms. The summed E-state index contributed by atoms with van der Waals surface area (Å²) in [4.78, 5) is -0.0237. The molecule has 0 radical (unpaired) electrons. The molecule has 0 atom stereocenters. The minimum Gasteiger partial charge on any atom is -0.326 e. The predicted molar refractivity (Wildman–Crippen MR) is 79.2 cm³/mol. The van der Waals surface area contributed by atoms with Gasteiger partial charge in [-0.1, -0.05) is 6.07 Å². The highest BCUT2D eigenvalue weighted by atomic mass is 79.9. The molecular formula is C13H11BrF2N2O2S. The number of nitrogens with two attached hydrogens (primary N) is 1. The maximum atomic E-state index is 13.1. The van der Waals surface area contributed by atoms with Crippen molar-refractivity contribution < 1.29 is 17.2 Å². The Balaban J connectivity index is 2.36. The largest absolute Gasteiger partial charge is 0.326 e. The van der Waals surface area contributed by atoms with Crippen LogP contribution in [0.1, 0.15) is 5.56 Å². The molecule has 0 amide bonds. The smallest absolute Gasteiger partial charge is 0.263 e. The molecule has 3 N–H and O–H groups in total. The summed E-state index contributed by atoms with van der Waals surface area (Å²) in [5.74, 6) is -2.18. The molecule has 8 heteroatoms. The van der Waals surface area contributed by atoms with Crippen molar-refractivity contribution in [3.63, 3.8) is 0 Å². The van der Waals surface area contributed by atoms with Crippen LogP contribution in [0.4, 0.5) is 14.5 Å². The molecule has 0 aliphatic heterocycles. The fraction of sp³-hybridized carbons (Fsp3) is 0.0769. The summed E-state index contributed by atoms with van der Waals surface area (Å²) in [5, 5.41) is 0. The van der Waals surface area contributed by atoms with Crippen LogP contribution in [0.2, 0.25) is 0 Å². The number of sulfonamides is 1. The monoisotopic (exact) mass is 376 g/mol. The van der Waals surface area contributed by atoms with Gasteiger partial charge in [-0.3, -0.25) is 4.72 Å². The van der Waals surface area contributed by atoms with Crippen LogP contribution in [0.15, 0.2) is 45.8 Å². The zero-order chi connectivity index (χ0) is 15.6. The number of anilines is 1. The molecule has 2 aromatic rings. The Bertz CT molecular complexity index is 782. The first-order valence-corrected chi connectivity index (χ1v) is 8.07. The lowest BCUT2D eigenvalue weighted by atomic mass is 10.2. The molecule has 0 saturated carbocycles. The second kappa shape index (κ2) is 6.08. The van der Waals surface area contributed by atoms with Gasteiger partial charge < -0.3 is 5.73 Å². The van der Waals surface area contributed by atoms with Crippen molar-refractivity contribution in [2.24, 2.45) is 5.73 Å². The molecule has 0 heterocycles. The maximum absolute atomic E-state index is 13.1. The predicted octanol–water partition coefficient (Wildman–Crippen LogP) is 2.99. The summed E-state index contributed by atoms with van der Waals surface area (Å²) >= 11 is 3.15. The van der Waals surface area contributed by atoms with Crippen molar-refractivity contribution in [2.75, 3.05) is 4.72 Å². The van der Waals surface area contributed by atoms with Crippen LogP contribution in [0, 0.1) is 11.6 Å². The Hall–Kier alpha value is -1.51. The summed E-state index contributed by atoms with van der Waals surface area (Å²) in [6.07, 6.45) is 0. The molecule has 112 valence electrons. The van der Waals surface area contributed by atoms with Gasteiger partial charge in [0, 0.05) is 17.1 Å². The molecule has 0 saturated heterocycles. The third-order valence-corrected chi connectivity index (χ3v) is 5.05. The van der Waals surface area contributed by atoms with Gasteiger partial charge in [-0.05, 0) is 45.8 Å². The second-order valence-corrected chi connectivity index (χ2v) is 6.71. The quantitative estimate of drug-likeness (QED) is 0.861. The molecule has 0 aromatic heterocycles. The van der Waals surface area contributed by atoms with E-state index in [1.807, 2.05) is 0 Å². The summed E-state index contributed by atoms with van der Waals surface area (Å²) < 4.78 is 52.9. The van der Waals surface area contributed by atoms with Crippen molar-refractivity contribution in [2.45, 2.75) is 11.4 Å². The molecule has 0 aliphatic rings. The van der Waals surface area contributed by atoms with Crippen molar-refractivity contribution >= 4 is 31.6 Å². The highest BCUT2D eigenvalue weighted by molar-refractivity contribution is 9.10. The Morgan fingerprint density at radius 3 is 2.38 bits per heavy atom. The summed E-state index contributed by atoms with van der Waals surface area (Å²) in [6.45, 7) is 0.273. The second-order valence-electron chi connectivity index (χ2n) is 4.20.